The van der Waals surface area contributed by atoms with E-state index in [1.807, 2.05) is 18.2 Å². The van der Waals surface area contributed by atoms with Crippen LogP contribution in [0.5, 0.6) is 11.5 Å². The van der Waals surface area contributed by atoms with Gasteiger partial charge in [0.2, 0.25) is 0 Å². The third-order valence-electron chi connectivity index (χ3n) is 5.43. The Morgan fingerprint density at radius 3 is 2.64 bits per heavy atom. The molecule has 1 fully saturated rings. The van der Waals surface area contributed by atoms with E-state index >= 15 is 0 Å². The summed E-state index contributed by atoms with van der Waals surface area (Å²) in [6.07, 6.45) is 2.92. The highest BCUT2D eigenvalue weighted by molar-refractivity contribution is 6.00. The number of halogens is 1. The Morgan fingerprint density at radius 2 is 1.86 bits per heavy atom. The number of rotatable bonds is 6. The number of benzene rings is 2. The Kier molecular flexibility index (Phi) is 7.18. The summed E-state index contributed by atoms with van der Waals surface area (Å²) in [5.41, 5.74) is 3.03. The van der Waals surface area contributed by atoms with Crippen LogP contribution in [0.15, 0.2) is 53.7 Å². The molecule has 1 N–H and O–H groups in total. The summed E-state index contributed by atoms with van der Waals surface area (Å²) in [4.78, 5) is 2.51. The fourth-order valence-corrected chi connectivity index (χ4v) is 3.98. The van der Waals surface area contributed by atoms with Gasteiger partial charge >= 0.3 is 0 Å². The molecule has 2 aliphatic rings. The van der Waals surface area contributed by atoms with Gasteiger partial charge in [0.1, 0.15) is 13.2 Å². The zero-order valence-electron chi connectivity index (χ0n) is 15.9. The summed E-state index contributed by atoms with van der Waals surface area (Å²) >= 11 is 0. The molecule has 6 heteroatoms. The highest BCUT2D eigenvalue weighted by Crippen LogP contribution is 2.31. The molecule has 1 atom stereocenters. The Labute approximate surface area is 172 Å². The molecule has 1 saturated heterocycles. The normalized spacial score (nSPS) is 19.3. The fourth-order valence-electron chi connectivity index (χ4n) is 3.98. The fraction of sp³-hybridized carbons (Fsp3) is 0.409. The molecular weight excluding hydrogens is 376 g/mol. The monoisotopic (exact) mass is 402 g/mol. The van der Waals surface area contributed by atoms with Crippen LogP contribution in [0.1, 0.15) is 36.3 Å². The van der Waals surface area contributed by atoms with Crippen molar-refractivity contribution in [1.29, 1.82) is 0 Å². The summed E-state index contributed by atoms with van der Waals surface area (Å²) in [6, 6.07) is 16.5. The molecule has 2 heterocycles. The summed E-state index contributed by atoms with van der Waals surface area (Å²) < 4.78 is 11.2. The van der Waals surface area contributed by atoms with Gasteiger partial charge in [-0.15, -0.1) is 12.4 Å². The van der Waals surface area contributed by atoms with E-state index in [1.165, 1.54) is 12.0 Å². The first kappa shape index (κ1) is 20.5. The predicted molar refractivity (Wildman–Crippen MR) is 112 cm³/mol. The number of likely N-dealkylation sites (tertiary alicyclic amines) is 1. The number of fused-ring (bicyclic) bond motifs is 1. The largest absolute Gasteiger partial charge is 0.486 e. The van der Waals surface area contributed by atoms with E-state index < -0.39 is 0 Å². The van der Waals surface area contributed by atoms with Crippen LogP contribution in [0.4, 0.5) is 0 Å². The van der Waals surface area contributed by atoms with Gasteiger partial charge in [-0.05, 0) is 62.0 Å². The van der Waals surface area contributed by atoms with Gasteiger partial charge in [-0.1, -0.05) is 35.5 Å². The van der Waals surface area contributed by atoms with Crippen molar-refractivity contribution in [3.8, 4) is 11.5 Å². The zero-order chi connectivity index (χ0) is 18.5. The Balaban J connectivity index is 0.00000225. The molecule has 2 aromatic carbocycles. The molecule has 150 valence electrons. The third kappa shape index (κ3) is 4.78. The lowest BCUT2D eigenvalue weighted by Gasteiger charge is -2.19. The van der Waals surface area contributed by atoms with E-state index in [2.05, 4.69) is 40.4 Å². The van der Waals surface area contributed by atoms with Crippen LogP contribution in [0.25, 0.3) is 0 Å². The average Bonchev–Trinajstić information content (AvgIpc) is 3.20. The van der Waals surface area contributed by atoms with Gasteiger partial charge in [0.05, 0.1) is 5.71 Å². The molecule has 0 radical (unpaired) electrons. The van der Waals surface area contributed by atoms with Crippen molar-refractivity contribution in [3.63, 3.8) is 0 Å². The molecule has 0 aromatic heterocycles. The molecule has 2 aliphatic heterocycles. The van der Waals surface area contributed by atoms with Gasteiger partial charge in [-0.25, -0.2) is 0 Å². The van der Waals surface area contributed by atoms with Crippen LogP contribution in [0.2, 0.25) is 0 Å². The first-order chi connectivity index (χ1) is 13.3. The van der Waals surface area contributed by atoms with E-state index in [1.54, 1.807) is 0 Å². The zero-order valence-corrected chi connectivity index (χ0v) is 16.7. The number of nitrogens with zero attached hydrogens (tertiary/aromatic N) is 2. The maximum Gasteiger partial charge on any atom is 0.162 e. The smallest absolute Gasteiger partial charge is 0.162 e. The molecule has 28 heavy (non-hydrogen) atoms. The van der Waals surface area contributed by atoms with Gasteiger partial charge < -0.3 is 19.6 Å². The minimum Gasteiger partial charge on any atom is -0.486 e. The minimum atomic E-state index is 0. The van der Waals surface area contributed by atoms with Crippen molar-refractivity contribution < 1.29 is 14.7 Å². The first-order valence-corrected chi connectivity index (χ1v) is 9.72. The van der Waals surface area contributed by atoms with Crippen molar-refractivity contribution in [2.24, 2.45) is 5.16 Å². The lowest BCUT2D eigenvalue weighted by Crippen LogP contribution is -2.22. The van der Waals surface area contributed by atoms with E-state index in [9.17, 15) is 5.21 Å². The van der Waals surface area contributed by atoms with Crippen LogP contribution >= 0.6 is 12.4 Å². The standard InChI is InChI=1S/C22H26N2O3.ClH/c25-23-20(18-8-9-21-22(15-18)27-14-13-26-21)7-4-11-24-12-10-19(16-24)17-5-2-1-3-6-17;/h1-3,5-6,8-9,15,19,25H,4,7,10-14,16H2;1H/b23-20+;. The van der Waals surface area contributed by atoms with E-state index in [-0.39, 0.29) is 12.4 Å². The van der Waals surface area contributed by atoms with Gasteiger partial charge in [-0.2, -0.15) is 0 Å². The van der Waals surface area contributed by atoms with Crippen LogP contribution in [-0.4, -0.2) is 48.7 Å². The molecule has 0 spiro atoms. The van der Waals surface area contributed by atoms with E-state index in [0.717, 1.165) is 49.5 Å². The highest BCUT2D eigenvalue weighted by atomic mass is 35.5. The molecule has 0 bridgehead atoms. The van der Waals surface area contributed by atoms with Crippen LogP contribution in [-0.2, 0) is 0 Å². The molecule has 4 rings (SSSR count). The molecule has 5 nitrogen and oxygen atoms in total. The second kappa shape index (κ2) is 9.80. The number of hydrogen-bond donors (Lipinski definition) is 1. The lowest BCUT2D eigenvalue weighted by atomic mass is 9.99. The number of hydrogen-bond acceptors (Lipinski definition) is 5. The summed E-state index contributed by atoms with van der Waals surface area (Å²) in [5.74, 6) is 2.12. The molecular formula is C22H27ClN2O3. The quantitative estimate of drug-likeness (QED) is 0.444. The first-order valence-electron chi connectivity index (χ1n) is 9.72. The average molecular weight is 403 g/mol. The minimum absolute atomic E-state index is 0. The molecule has 0 amide bonds. The molecule has 0 aliphatic carbocycles. The summed E-state index contributed by atoms with van der Waals surface area (Å²) in [5, 5.41) is 13.0. The van der Waals surface area contributed by atoms with Crippen molar-refractivity contribution in [2.45, 2.75) is 25.2 Å². The second-order valence-electron chi connectivity index (χ2n) is 7.21. The Hall–Kier alpha value is -2.24. The van der Waals surface area contributed by atoms with Crippen molar-refractivity contribution in [2.75, 3.05) is 32.8 Å². The number of ether oxygens (including phenoxy) is 2. The Morgan fingerprint density at radius 1 is 1.07 bits per heavy atom. The summed E-state index contributed by atoms with van der Waals surface area (Å²) in [7, 11) is 0. The maximum absolute atomic E-state index is 9.47. The highest BCUT2D eigenvalue weighted by Gasteiger charge is 2.23. The summed E-state index contributed by atoms with van der Waals surface area (Å²) in [6.45, 7) is 4.40. The van der Waals surface area contributed by atoms with Crippen molar-refractivity contribution in [3.05, 3.63) is 59.7 Å². The molecule has 0 saturated carbocycles. The van der Waals surface area contributed by atoms with Gasteiger partial charge in [0, 0.05) is 12.1 Å². The lowest BCUT2D eigenvalue weighted by molar-refractivity contribution is 0.171. The van der Waals surface area contributed by atoms with Crippen LogP contribution in [0, 0.1) is 0 Å². The molecule has 2 aromatic rings. The van der Waals surface area contributed by atoms with Gasteiger partial charge in [0.25, 0.3) is 0 Å². The van der Waals surface area contributed by atoms with Crippen molar-refractivity contribution >= 4 is 18.1 Å². The van der Waals surface area contributed by atoms with Gasteiger partial charge in [0.15, 0.2) is 11.5 Å². The van der Waals surface area contributed by atoms with E-state index in [4.69, 9.17) is 9.47 Å². The number of oxime groups is 1. The van der Waals surface area contributed by atoms with Gasteiger partial charge in [-0.3, -0.25) is 0 Å². The molecule has 1 unspecified atom stereocenters. The van der Waals surface area contributed by atoms with Crippen LogP contribution < -0.4 is 9.47 Å². The topological polar surface area (TPSA) is 54.3 Å². The third-order valence-corrected chi connectivity index (χ3v) is 5.43. The SMILES string of the molecule is Cl.O/N=C(\CCCN1CCC(c2ccccc2)C1)c1ccc2c(c1)OCCO2. The Bertz CT molecular complexity index is 798. The second-order valence-corrected chi connectivity index (χ2v) is 7.21. The van der Waals surface area contributed by atoms with Crippen LogP contribution in [0.3, 0.4) is 0 Å². The maximum atomic E-state index is 9.47. The predicted octanol–water partition coefficient (Wildman–Crippen LogP) is 4.33. The van der Waals surface area contributed by atoms with Crippen molar-refractivity contribution in [1.82, 2.24) is 4.90 Å². The van der Waals surface area contributed by atoms with E-state index in [0.29, 0.717) is 24.8 Å².